The maximum atomic E-state index is 11.1. The van der Waals surface area contributed by atoms with E-state index in [9.17, 15) is 4.79 Å². The minimum absolute atomic E-state index is 0.392. The fraction of sp³-hybridized carbons (Fsp3) is 0.357. The molecule has 1 aliphatic rings. The standard InChI is InChI=1S/C14H16N4O2/c19-14(20)13-7-4-8-17(13)10-11-9-15-18(16-11)12-5-2-1-3-6-12/h1-3,5-6,9,13H,4,7-8,10H2,(H,19,20). The van der Waals surface area contributed by atoms with Gasteiger partial charge < -0.3 is 5.11 Å². The maximum Gasteiger partial charge on any atom is 0.320 e. The summed E-state index contributed by atoms with van der Waals surface area (Å²) >= 11 is 0. The fourth-order valence-electron chi connectivity index (χ4n) is 2.56. The number of carbonyl (C=O) groups is 1. The summed E-state index contributed by atoms with van der Waals surface area (Å²) in [6, 6.07) is 9.27. The number of benzene rings is 1. The number of carboxylic acids is 1. The molecule has 2 aromatic rings. The molecule has 1 unspecified atom stereocenters. The van der Waals surface area contributed by atoms with Crippen LogP contribution in [0.3, 0.4) is 0 Å². The number of hydrogen-bond donors (Lipinski definition) is 1. The van der Waals surface area contributed by atoms with Crippen LogP contribution in [0.15, 0.2) is 36.5 Å². The molecule has 2 heterocycles. The van der Waals surface area contributed by atoms with Gasteiger partial charge in [0.2, 0.25) is 0 Å². The summed E-state index contributed by atoms with van der Waals surface area (Å²) in [5.41, 5.74) is 1.69. The van der Waals surface area contributed by atoms with Gasteiger partial charge in [-0.1, -0.05) is 18.2 Å². The van der Waals surface area contributed by atoms with Crippen molar-refractivity contribution in [2.45, 2.75) is 25.4 Å². The summed E-state index contributed by atoms with van der Waals surface area (Å²) in [5, 5.41) is 17.8. The first-order valence-corrected chi connectivity index (χ1v) is 6.67. The molecule has 0 spiro atoms. The van der Waals surface area contributed by atoms with Crippen LogP contribution in [-0.4, -0.2) is 43.6 Å². The molecule has 1 saturated heterocycles. The van der Waals surface area contributed by atoms with Gasteiger partial charge in [0.25, 0.3) is 0 Å². The van der Waals surface area contributed by atoms with Crippen LogP contribution in [0.25, 0.3) is 5.69 Å². The first kappa shape index (κ1) is 12.8. The molecule has 1 atom stereocenters. The predicted octanol–water partition coefficient (Wildman–Crippen LogP) is 1.32. The Morgan fingerprint density at radius 2 is 2.15 bits per heavy atom. The summed E-state index contributed by atoms with van der Waals surface area (Å²) in [7, 11) is 0. The Morgan fingerprint density at radius 3 is 2.90 bits per heavy atom. The minimum atomic E-state index is -0.752. The fourth-order valence-corrected chi connectivity index (χ4v) is 2.56. The highest BCUT2D eigenvalue weighted by molar-refractivity contribution is 5.73. The number of rotatable bonds is 4. The van der Waals surface area contributed by atoms with Gasteiger partial charge in [-0.25, -0.2) is 0 Å². The first-order chi connectivity index (χ1) is 9.74. The van der Waals surface area contributed by atoms with Gasteiger partial charge in [-0.2, -0.15) is 15.0 Å². The molecule has 1 aliphatic heterocycles. The van der Waals surface area contributed by atoms with Crippen LogP contribution in [0, 0.1) is 0 Å². The van der Waals surface area contributed by atoms with Crippen LogP contribution < -0.4 is 0 Å². The number of nitrogens with zero attached hydrogens (tertiary/aromatic N) is 4. The Balaban J connectivity index is 1.73. The van der Waals surface area contributed by atoms with Gasteiger partial charge in [-0.3, -0.25) is 9.69 Å². The maximum absolute atomic E-state index is 11.1. The second kappa shape index (κ2) is 5.42. The van der Waals surface area contributed by atoms with Gasteiger partial charge in [-0.05, 0) is 31.5 Å². The number of likely N-dealkylation sites (tertiary alicyclic amines) is 1. The largest absolute Gasteiger partial charge is 0.480 e. The van der Waals surface area contributed by atoms with Gasteiger partial charge in [0.05, 0.1) is 17.6 Å². The van der Waals surface area contributed by atoms with Crippen LogP contribution in [-0.2, 0) is 11.3 Å². The van der Waals surface area contributed by atoms with E-state index >= 15 is 0 Å². The second-order valence-corrected chi connectivity index (χ2v) is 4.93. The molecule has 1 fully saturated rings. The van der Waals surface area contributed by atoms with E-state index in [0.29, 0.717) is 13.0 Å². The number of carboxylic acid groups (broad SMARTS) is 1. The molecule has 3 rings (SSSR count). The zero-order chi connectivity index (χ0) is 13.9. The summed E-state index contributed by atoms with van der Waals surface area (Å²) < 4.78 is 0. The number of hydrogen-bond acceptors (Lipinski definition) is 4. The topological polar surface area (TPSA) is 71.2 Å². The van der Waals surface area contributed by atoms with Crippen molar-refractivity contribution in [3.63, 3.8) is 0 Å². The first-order valence-electron chi connectivity index (χ1n) is 6.67. The number of aliphatic carboxylic acids is 1. The van der Waals surface area contributed by atoms with E-state index in [1.807, 2.05) is 35.2 Å². The summed E-state index contributed by atoms with van der Waals surface area (Å²) in [4.78, 5) is 14.7. The van der Waals surface area contributed by atoms with Crippen molar-refractivity contribution in [1.29, 1.82) is 0 Å². The molecule has 0 bridgehead atoms. The number of aromatic nitrogens is 3. The molecular formula is C14H16N4O2. The molecule has 1 N–H and O–H groups in total. The van der Waals surface area contributed by atoms with Gasteiger partial charge in [-0.15, -0.1) is 0 Å². The lowest BCUT2D eigenvalue weighted by Crippen LogP contribution is -2.35. The molecule has 1 aromatic heterocycles. The zero-order valence-corrected chi connectivity index (χ0v) is 11.0. The van der Waals surface area contributed by atoms with Gasteiger partial charge in [0, 0.05) is 6.54 Å². The Kier molecular flexibility index (Phi) is 3.47. The molecule has 1 aromatic carbocycles. The van der Waals surface area contributed by atoms with E-state index in [1.165, 1.54) is 0 Å². The highest BCUT2D eigenvalue weighted by Crippen LogP contribution is 2.19. The van der Waals surface area contributed by atoms with Gasteiger partial charge >= 0.3 is 5.97 Å². The molecule has 0 amide bonds. The average Bonchev–Trinajstić information content (AvgIpc) is 3.09. The van der Waals surface area contributed by atoms with E-state index < -0.39 is 12.0 Å². The average molecular weight is 272 g/mol. The van der Waals surface area contributed by atoms with E-state index in [4.69, 9.17) is 5.11 Å². The highest BCUT2D eigenvalue weighted by Gasteiger charge is 2.30. The van der Waals surface area contributed by atoms with Gasteiger partial charge in [0.15, 0.2) is 0 Å². The predicted molar refractivity (Wildman–Crippen MR) is 72.4 cm³/mol. The normalized spacial score (nSPS) is 19.3. The molecule has 0 aliphatic carbocycles. The van der Waals surface area contributed by atoms with Crippen LogP contribution in [0.1, 0.15) is 18.5 Å². The third-order valence-corrected chi connectivity index (χ3v) is 3.54. The monoisotopic (exact) mass is 272 g/mol. The molecule has 0 radical (unpaired) electrons. The van der Waals surface area contributed by atoms with E-state index in [2.05, 4.69) is 10.2 Å². The van der Waals surface area contributed by atoms with Crippen molar-refractivity contribution in [1.82, 2.24) is 19.9 Å². The molecule has 20 heavy (non-hydrogen) atoms. The van der Waals surface area contributed by atoms with Crippen LogP contribution in [0.4, 0.5) is 0 Å². The lowest BCUT2D eigenvalue weighted by Gasteiger charge is -2.19. The SMILES string of the molecule is O=C(O)C1CCCN1Cc1cnn(-c2ccccc2)n1. The van der Waals surface area contributed by atoms with Crippen molar-refractivity contribution in [2.75, 3.05) is 6.54 Å². The molecule has 6 heteroatoms. The zero-order valence-electron chi connectivity index (χ0n) is 11.0. The van der Waals surface area contributed by atoms with Crippen molar-refractivity contribution in [3.05, 3.63) is 42.2 Å². The molecule has 6 nitrogen and oxygen atoms in total. The Hall–Kier alpha value is -2.21. The third-order valence-electron chi connectivity index (χ3n) is 3.54. The van der Waals surface area contributed by atoms with Crippen LogP contribution >= 0.6 is 0 Å². The van der Waals surface area contributed by atoms with E-state index in [-0.39, 0.29) is 0 Å². The molecule has 104 valence electrons. The second-order valence-electron chi connectivity index (χ2n) is 4.93. The highest BCUT2D eigenvalue weighted by atomic mass is 16.4. The van der Waals surface area contributed by atoms with Gasteiger partial charge in [0.1, 0.15) is 6.04 Å². The van der Waals surface area contributed by atoms with E-state index in [1.54, 1.807) is 11.0 Å². The Bertz CT molecular complexity index is 596. The lowest BCUT2D eigenvalue weighted by molar-refractivity contribution is -0.142. The Morgan fingerprint density at radius 1 is 1.35 bits per heavy atom. The summed E-state index contributed by atoms with van der Waals surface area (Å²) in [6.07, 6.45) is 3.33. The van der Waals surface area contributed by atoms with Crippen LogP contribution in [0.2, 0.25) is 0 Å². The Labute approximate surface area is 116 Å². The summed E-state index contributed by atoms with van der Waals surface area (Å²) in [6.45, 7) is 1.33. The van der Waals surface area contributed by atoms with Crippen LogP contribution in [0.5, 0.6) is 0 Å². The smallest absolute Gasteiger partial charge is 0.320 e. The van der Waals surface area contributed by atoms with Crippen molar-refractivity contribution in [3.8, 4) is 5.69 Å². The molecule has 0 saturated carbocycles. The summed E-state index contributed by atoms with van der Waals surface area (Å²) in [5.74, 6) is -0.752. The lowest BCUT2D eigenvalue weighted by atomic mass is 10.2. The van der Waals surface area contributed by atoms with E-state index in [0.717, 1.165) is 24.3 Å². The van der Waals surface area contributed by atoms with Crippen molar-refractivity contribution in [2.24, 2.45) is 0 Å². The number of para-hydroxylation sites is 1. The minimum Gasteiger partial charge on any atom is -0.480 e. The molecular weight excluding hydrogens is 256 g/mol. The third kappa shape index (κ3) is 2.55. The quantitative estimate of drug-likeness (QED) is 0.908. The van der Waals surface area contributed by atoms with Crippen molar-refractivity contribution < 1.29 is 9.90 Å². The van der Waals surface area contributed by atoms with Crippen molar-refractivity contribution >= 4 is 5.97 Å².